The number of fused-ring (bicyclic) bond motifs is 1. The molecule has 0 spiro atoms. The van der Waals surface area contributed by atoms with Crippen LogP contribution in [0.4, 0.5) is 4.39 Å². The first-order valence-electron chi connectivity index (χ1n) is 5.24. The molecule has 0 amide bonds. The normalized spacial score (nSPS) is 15.4. The number of aromatic amines is 1. The van der Waals surface area contributed by atoms with Gasteiger partial charge in [0.05, 0.1) is 0 Å². The van der Waals surface area contributed by atoms with Crippen molar-refractivity contribution in [3.05, 3.63) is 42.0 Å². The fraction of sp³-hybridized carbons (Fsp3) is 0.154. The number of allylic oxidation sites excluding steroid dienone is 1. The second kappa shape index (κ2) is 3.30. The molecular formula is C13H11FN2. The molecule has 1 aliphatic rings. The number of hydrogen-bond acceptors (Lipinski definition) is 1. The zero-order valence-corrected chi connectivity index (χ0v) is 8.92. The Bertz CT molecular complexity index is 620. The smallest absolute Gasteiger partial charge is 0.140 e. The molecule has 1 aromatic carbocycles. The molecule has 0 saturated carbocycles. The topological polar surface area (TPSA) is 28.1 Å². The highest BCUT2D eigenvalue weighted by Crippen LogP contribution is 2.29. The third-order valence-corrected chi connectivity index (χ3v) is 2.90. The third kappa shape index (κ3) is 1.28. The van der Waals surface area contributed by atoms with Gasteiger partial charge in [-0.25, -0.2) is 4.39 Å². The van der Waals surface area contributed by atoms with E-state index in [0.29, 0.717) is 10.9 Å². The van der Waals surface area contributed by atoms with Gasteiger partial charge in [0.25, 0.3) is 0 Å². The van der Waals surface area contributed by atoms with Crippen LogP contribution in [0.5, 0.6) is 0 Å². The van der Waals surface area contributed by atoms with E-state index in [4.69, 9.17) is 0 Å². The van der Waals surface area contributed by atoms with Crippen LogP contribution in [0.25, 0.3) is 16.5 Å². The molecule has 1 aliphatic heterocycles. The van der Waals surface area contributed by atoms with Crippen molar-refractivity contribution in [2.75, 3.05) is 0 Å². The van der Waals surface area contributed by atoms with Crippen LogP contribution in [0.3, 0.4) is 0 Å². The average Bonchev–Trinajstić information content (AvgIpc) is 2.87. The van der Waals surface area contributed by atoms with Gasteiger partial charge < -0.3 is 4.98 Å². The van der Waals surface area contributed by atoms with Gasteiger partial charge >= 0.3 is 0 Å². The second-order valence-electron chi connectivity index (χ2n) is 4.06. The lowest BCUT2D eigenvalue weighted by molar-refractivity contribution is 0.636. The first-order chi connectivity index (χ1) is 7.75. The van der Waals surface area contributed by atoms with Crippen LogP contribution in [0, 0.1) is 5.82 Å². The van der Waals surface area contributed by atoms with Crippen LogP contribution in [-0.2, 0) is 0 Å². The lowest BCUT2D eigenvalue weighted by Gasteiger charge is -2.04. The van der Waals surface area contributed by atoms with Crippen LogP contribution in [-0.4, -0.2) is 10.7 Å². The number of halogens is 1. The molecule has 3 rings (SSSR count). The van der Waals surface area contributed by atoms with E-state index in [9.17, 15) is 4.39 Å². The van der Waals surface area contributed by atoms with Crippen LogP contribution < -0.4 is 0 Å². The molecule has 80 valence electrons. The average molecular weight is 214 g/mol. The zero-order valence-electron chi connectivity index (χ0n) is 8.92. The van der Waals surface area contributed by atoms with Gasteiger partial charge in [-0.1, -0.05) is 0 Å². The number of H-pyrrole nitrogens is 1. The maximum atomic E-state index is 14.2. The first kappa shape index (κ1) is 9.33. The van der Waals surface area contributed by atoms with Gasteiger partial charge in [0.1, 0.15) is 5.82 Å². The Morgan fingerprint density at radius 1 is 1.31 bits per heavy atom. The van der Waals surface area contributed by atoms with Gasteiger partial charge in [-0.3, -0.25) is 4.99 Å². The Kier molecular flexibility index (Phi) is 1.93. The Morgan fingerprint density at radius 3 is 2.94 bits per heavy atom. The third-order valence-electron chi connectivity index (χ3n) is 2.90. The number of nitrogens with one attached hydrogen (secondary N) is 1. The predicted molar refractivity (Wildman–Crippen MR) is 64.0 cm³/mol. The van der Waals surface area contributed by atoms with Gasteiger partial charge in [-0.15, -0.1) is 0 Å². The van der Waals surface area contributed by atoms with E-state index in [0.717, 1.165) is 23.2 Å². The summed E-state index contributed by atoms with van der Waals surface area (Å²) in [6.07, 6.45) is 4.25. The van der Waals surface area contributed by atoms with Crippen molar-refractivity contribution in [1.82, 2.24) is 4.98 Å². The molecule has 16 heavy (non-hydrogen) atoms. The molecule has 0 fully saturated rings. The molecule has 2 aromatic rings. The molecule has 0 aliphatic carbocycles. The SMILES string of the molecule is CC1=NC=C(c2ccc3[nH]ccc3c2F)C1. The number of benzene rings is 1. The van der Waals surface area contributed by atoms with Gasteiger partial charge in [-0.2, -0.15) is 0 Å². The molecule has 2 nitrogen and oxygen atoms in total. The lowest BCUT2D eigenvalue weighted by atomic mass is 10.0. The quantitative estimate of drug-likeness (QED) is 0.752. The van der Waals surface area contributed by atoms with Crippen LogP contribution in [0.15, 0.2) is 35.6 Å². The Balaban J connectivity index is 2.15. The van der Waals surface area contributed by atoms with Crippen molar-refractivity contribution < 1.29 is 4.39 Å². The number of aromatic nitrogens is 1. The number of nitrogens with zero attached hydrogens (tertiary/aromatic N) is 1. The minimum Gasteiger partial charge on any atom is -0.361 e. The highest BCUT2D eigenvalue weighted by Gasteiger charge is 2.15. The molecule has 0 bridgehead atoms. The van der Waals surface area contributed by atoms with Crippen molar-refractivity contribution in [2.24, 2.45) is 4.99 Å². The monoisotopic (exact) mass is 214 g/mol. The van der Waals surface area contributed by atoms with Gasteiger partial charge in [0.2, 0.25) is 0 Å². The standard InChI is InChI=1S/C13H11FN2/c1-8-6-9(7-16-8)10-2-3-12-11(13(10)14)4-5-15-12/h2-5,7,15H,6H2,1H3. The number of rotatable bonds is 1. The minimum absolute atomic E-state index is 0.157. The van der Waals surface area contributed by atoms with E-state index < -0.39 is 0 Å². The van der Waals surface area contributed by atoms with Gasteiger partial charge in [0, 0.05) is 41.0 Å². The molecule has 2 heterocycles. The van der Waals surface area contributed by atoms with Crippen molar-refractivity contribution in [1.29, 1.82) is 0 Å². The summed E-state index contributed by atoms with van der Waals surface area (Å²) in [4.78, 5) is 7.18. The molecule has 0 unspecified atom stereocenters. The summed E-state index contributed by atoms with van der Waals surface area (Å²) >= 11 is 0. The molecule has 0 atom stereocenters. The summed E-state index contributed by atoms with van der Waals surface area (Å²) < 4.78 is 14.2. The fourth-order valence-electron chi connectivity index (χ4n) is 2.06. The van der Waals surface area contributed by atoms with E-state index >= 15 is 0 Å². The van der Waals surface area contributed by atoms with E-state index in [1.165, 1.54) is 0 Å². The van der Waals surface area contributed by atoms with E-state index in [1.54, 1.807) is 18.5 Å². The summed E-state index contributed by atoms with van der Waals surface area (Å²) in [7, 11) is 0. The van der Waals surface area contributed by atoms with E-state index in [1.807, 2.05) is 19.1 Å². The molecule has 0 saturated heterocycles. The van der Waals surface area contributed by atoms with Crippen LogP contribution in [0.1, 0.15) is 18.9 Å². The largest absolute Gasteiger partial charge is 0.361 e. The van der Waals surface area contributed by atoms with Gasteiger partial charge in [0.15, 0.2) is 0 Å². The molecule has 1 aromatic heterocycles. The lowest BCUT2D eigenvalue weighted by Crippen LogP contribution is -1.92. The molecular weight excluding hydrogens is 203 g/mol. The van der Waals surface area contributed by atoms with Crippen molar-refractivity contribution in [3.63, 3.8) is 0 Å². The molecule has 0 radical (unpaired) electrons. The minimum atomic E-state index is -0.157. The predicted octanol–water partition coefficient (Wildman–Crippen LogP) is 3.51. The zero-order chi connectivity index (χ0) is 11.1. The Morgan fingerprint density at radius 2 is 2.19 bits per heavy atom. The highest BCUT2D eigenvalue weighted by molar-refractivity contribution is 5.98. The van der Waals surface area contributed by atoms with Crippen LogP contribution >= 0.6 is 0 Å². The highest BCUT2D eigenvalue weighted by atomic mass is 19.1. The van der Waals surface area contributed by atoms with Crippen molar-refractivity contribution >= 4 is 22.2 Å². The summed E-state index contributed by atoms with van der Waals surface area (Å²) in [5.41, 5.74) is 3.48. The first-order valence-corrected chi connectivity index (χ1v) is 5.24. The summed E-state index contributed by atoms with van der Waals surface area (Å²) in [6, 6.07) is 5.48. The fourth-order valence-corrected chi connectivity index (χ4v) is 2.06. The number of hydrogen-bond donors (Lipinski definition) is 1. The summed E-state index contributed by atoms with van der Waals surface area (Å²) in [5, 5.41) is 0.642. The van der Waals surface area contributed by atoms with Crippen molar-refractivity contribution in [3.8, 4) is 0 Å². The second-order valence-corrected chi connectivity index (χ2v) is 4.06. The molecule has 1 N–H and O–H groups in total. The molecule has 3 heteroatoms. The number of aliphatic imine (C=N–C) groups is 1. The Hall–Kier alpha value is -1.90. The van der Waals surface area contributed by atoms with Crippen molar-refractivity contribution in [2.45, 2.75) is 13.3 Å². The maximum absolute atomic E-state index is 14.2. The van der Waals surface area contributed by atoms with E-state index in [2.05, 4.69) is 9.98 Å². The van der Waals surface area contributed by atoms with E-state index in [-0.39, 0.29) is 5.82 Å². The Labute approximate surface area is 92.5 Å². The maximum Gasteiger partial charge on any atom is 0.140 e. The van der Waals surface area contributed by atoms with Crippen LogP contribution in [0.2, 0.25) is 0 Å². The summed E-state index contributed by atoms with van der Waals surface area (Å²) in [6.45, 7) is 1.95. The summed E-state index contributed by atoms with van der Waals surface area (Å²) in [5.74, 6) is -0.157. The van der Waals surface area contributed by atoms with Gasteiger partial charge in [-0.05, 0) is 30.7 Å².